The van der Waals surface area contributed by atoms with Crippen molar-refractivity contribution in [3.63, 3.8) is 0 Å². The molecule has 0 aromatic heterocycles. The third-order valence-electron chi connectivity index (χ3n) is 1.64. The van der Waals surface area contributed by atoms with Crippen LogP contribution in [-0.2, 0) is 9.53 Å². The van der Waals surface area contributed by atoms with E-state index >= 15 is 0 Å². The smallest absolute Gasteiger partial charge is 0.233 e. The first-order chi connectivity index (χ1) is 6.81. The summed E-state index contributed by atoms with van der Waals surface area (Å²) >= 11 is 0. The van der Waals surface area contributed by atoms with Crippen LogP contribution in [0.1, 0.15) is 12.8 Å². The van der Waals surface area contributed by atoms with Gasteiger partial charge in [0.1, 0.15) is 0 Å². The number of carbonyl (C=O) groups is 1. The zero-order valence-electron chi connectivity index (χ0n) is 8.71. The number of hydrogen-bond donors (Lipinski definition) is 3. The summed E-state index contributed by atoms with van der Waals surface area (Å²) < 4.78 is 4.84. The van der Waals surface area contributed by atoms with Gasteiger partial charge in [-0.05, 0) is 19.4 Å². The molecule has 0 saturated heterocycles. The van der Waals surface area contributed by atoms with Crippen LogP contribution in [-0.4, -0.2) is 51.0 Å². The fourth-order valence-electron chi connectivity index (χ4n) is 0.913. The van der Waals surface area contributed by atoms with Crippen molar-refractivity contribution in [1.29, 1.82) is 0 Å². The Kier molecular flexibility index (Phi) is 9.95. The molecular weight excluding hydrogens is 184 g/mol. The molecule has 0 aliphatic heterocycles. The van der Waals surface area contributed by atoms with Gasteiger partial charge in [0.2, 0.25) is 5.91 Å². The second-order valence-corrected chi connectivity index (χ2v) is 2.95. The average Bonchev–Trinajstić information content (AvgIpc) is 2.19. The van der Waals surface area contributed by atoms with Gasteiger partial charge < -0.3 is 20.5 Å². The molecule has 0 aliphatic rings. The summed E-state index contributed by atoms with van der Waals surface area (Å²) in [5, 5.41) is 14.2. The molecule has 0 rings (SSSR count). The molecule has 0 bridgehead atoms. The highest BCUT2D eigenvalue weighted by atomic mass is 16.5. The van der Waals surface area contributed by atoms with E-state index < -0.39 is 0 Å². The SMILES string of the molecule is COCCCNC(=O)CNCCCO. The van der Waals surface area contributed by atoms with Crippen molar-refractivity contribution in [2.75, 3.05) is 40.0 Å². The Labute approximate surface area is 84.8 Å². The molecule has 1 amide bonds. The summed E-state index contributed by atoms with van der Waals surface area (Å²) in [6.07, 6.45) is 1.51. The normalized spacial score (nSPS) is 10.1. The second-order valence-electron chi connectivity index (χ2n) is 2.95. The maximum atomic E-state index is 11.1. The maximum Gasteiger partial charge on any atom is 0.233 e. The summed E-state index contributed by atoms with van der Waals surface area (Å²) in [5.74, 6) is -0.0148. The number of aliphatic hydroxyl groups is 1. The highest BCUT2D eigenvalue weighted by molar-refractivity contribution is 5.77. The first-order valence-corrected chi connectivity index (χ1v) is 4.88. The van der Waals surface area contributed by atoms with Crippen molar-refractivity contribution in [2.24, 2.45) is 0 Å². The quantitative estimate of drug-likeness (QED) is 0.426. The van der Waals surface area contributed by atoms with Gasteiger partial charge in [0.05, 0.1) is 6.54 Å². The summed E-state index contributed by atoms with van der Waals surface area (Å²) in [5.41, 5.74) is 0. The third kappa shape index (κ3) is 9.44. The van der Waals surface area contributed by atoms with Crippen LogP contribution in [0.4, 0.5) is 0 Å². The van der Waals surface area contributed by atoms with E-state index in [2.05, 4.69) is 10.6 Å². The number of aliphatic hydroxyl groups excluding tert-OH is 1. The number of rotatable bonds is 9. The molecule has 5 heteroatoms. The van der Waals surface area contributed by atoms with Crippen molar-refractivity contribution >= 4 is 5.91 Å². The van der Waals surface area contributed by atoms with E-state index in [0.717, 1.165) is 6.42 Å². The Balaban J connectivity index is 3.11. The van der Waals surface area contributed by atoms with Gasteiger partial charge in [-0.1, -0.05) is 0 Å². The summed E-state index contributed by atoms with van der Waals surface area (Å²) in [7, 11) is 1.64. The van der Waals surface area contributed by atoms with Gasteiger partial charge in [0.15, 0.2) is 0 Å². The monoisotopic (exact) mass is 204 g/mol. The molecule has 3 N–H and O–H groups in total. The molecule has 5 nitrogen and oxygen atoms in total. The highest BCUT2D eigenvalue weighted by Crippen LogP contribution is 1.77. The first-order valence-electron chi connectivity index (χ1n) is 4.88. The lowest BCUT2D eigenvalue weighted by Gasteiger charge is -2.05. The fourth-order valence-corrected chi connectivity index (χ4v) is 0.913. The third-order valence-corrected chi connectivity index (χ3v) is 1.64. The predicted molar refractivity (Wildman–Crippen MR) is 54.1 cm³/mol. The molecule has 14 heavy (non-hydrogen) atoms. The molecule has 0 unspecified atom stereocenters. The van der Waals surface area contributed by atoms with E-state index in [-0.39, 0.29) is 12.5 Å². The van der Waals surface area contributed by atoms with Gasteiger partial charge in [-0.15, -0.1) is 0 Å². The van der Waals surface area contributed by atoms with Gasteiger partial charge >= 0.3 is 0 Å². The Morgan fingerprint density at radius 2 is 2.14 bits per heavy atom. The summed E-state index contributed by atoms with van der Waals surface area (Å²) in [4.78, 5) is 11.1. The zero-order valence-corrected chi connectivity index (χ0v) is 8.71. The minimum absolute atomic E-state index is 0.0148. The van der Waals surface area contributed by atoms with Crippen LogP contribution in [0.3, 0.4) is 0 Å². The van der Waals surface area contributed by atoms with E-state index in [1.165, 1.54) is 0 Å². The molecule has 0 heterocycles. The van der Waals surface area contributed by atoms with Gasteiger partial charge in [-0.2, -0.15) is 0 Å². The lowest BCUT2D eigenvalue weighted by molar-refractivity contribution is -0.120. The molecule has 84 valence electrons. The van der Waals surface area contributed by atoms with Crippen LogP contribution in [0, 0.1) is 0 Å². The second kappa shape index (κ2) is 10.4. The topological polar surface area (TPSA) is 70.6 Å². The number of carbonyl (C=O) groups excluding carboxylic acids is 1. The Morgan fingerprint density at radius 1 is 1.36 bits per heavy atom. The van der Waals surface area contributed by atoms with Crippen molar-refractivity contribution < 1.29 is 14.6 Å². The van der Waals surface area contributed by atoms with Crippen LogP contribution < -0.4 is 10.6 Å². The van der Waals surface area contributed by atoms with E-state index in [9.17, 15) is 4.79 Å². The van der Waals surface area contributed by atoms with E-state index in [1.807, 2.05) is 0 Å². The lowest BCUT2D eigenvalue weighted by Crippen LogP contribution is -2.35. The fraction of sp³-hybridized carbons (Fsp3) is 0.889. The molecule has 0 aromatic rings. The lowest BCUT2D eigenvalue weighted by atomic mass is 10.4. The number of ether oxygens (including phenoxy) is 1. The summed E-state index contributed by atoms with van der Waals surface area (Å²) in [6, 6.07) is 0. The molecule has 0 aromatic carbocycles. The van der Waals surface area contributed by atoms with Gasteiger partial charge in [-0.3, -0.25) is 4.79 Å². The minimum atomic E-state index is -0.0148. The van der Waals surface area contributed by atoms with Crippen molar-refractivity contribution in [2.45, 2.75) is 12.8 Å². The Morgan fingerprint density at radius 3 is 2.79 bits per heavy atom. The van der Waals surface area contributed by atoms with E-state index in [1.54, 1.807) is 7.11 Å². The van der Waals surface area contributed by atoms with Gasteiger partial charge in [0.25, 0.3) is 0 Å². The van der Waals surface area contributed by atoms with Crippen LogP contribution in [0.25, 0.3) is 0 Å². The largest absolute Gasteiger partial charge is 0.396 e. The standard InChI is InChI=1S/C9H20N2O3/c1-14-7-3-5-11-9(13)8-10-4-2-6-12/h10,12H,2-8H2,1H3,(H,11,13). The van der Waals surface area contributed by atoms with Crippen LogP contribution in [0.15, 0.2) is 0 Å². The van der Waals surface area contributed by atoms with Crippen molar-refractivity contribution in [3.8, 4) is 0 Å². The van der Waals surface area contributed by atoms with Gasteiger partial charge in [-0.25, -0.2) is 0 Å². The van der Waals surface area contributed by atoms with Crippen molar-refractivity contribution in [3.05, 3.63) is 0 Å². The average molecular weight is 204 g/mol. The van der Waals surface area contributed by atoms with Crippen LogP contribution in [0.5, 0.6) is 0 Å². The molecule has 0 atom stereocenters. The molecule has 0 spiro atoms. The number of nitrogens with one attached hydrogen (secondary N) is 2. The molecule has 0 aliphatic carbocycles. The minimum Gasteiger partial charge on any atom is -0.396 e. The zero-order chi connectivity index (χ0) is 10.6. The van der Waals surface area contributed by atoms with Crippen LogP contribution in [0.2, 0.25) is 0 Å². The van der Waals surface area contributed by atoms with Gasteiger partial charge in [0, 0.05) is 26.9 Å². The first kappa shape index (κ1) is 13.4. The number of hydrogen-bond acceptors (Lipinski definition) is 4. The predicted octanol–water partition coefficient (Wildman–Crippen LogP) is -0.889. The Bertz CT molecular complexity index is 128. The maximum absolute atomic E-state index is 11.1. The van der Waals surface area contributed by atoms with Crippen molar-refractivity contribution in [1.82, 2.24) is 10.6 Å². The van der Waals surface area contributed by atoms with E-state index in [4.69, 9.17) is 9.84 Å². The van der Waals surface area contributed by atoms with E-state index in [0.29, 0.717) is 32.7 Å². The molecule has 0 radical (unpaired) electrons. The summed E-state index contributed by atoms with van der Waals surface area (Å²) in [6.45, 7) is 2.45. The molecular formula is C9H20N2O3. The number of amides is 1. The molecule has 0 fully saturated rings. The number of methoxy groups -OCH3 is 1. The molecule has 0 saturated carbocycles. The van der Waals surface area contributed by atoms with Crippen LogP contribution >= 0.6 is 0 Å². The highest BCUT2D eigenvalue weighted by Gasteiger charge is 1.98. The Hall–Kier alpha value is -0.650.